The molecule has 0 bridgehead atoms. The fraction of sp³-hybridized carbons (Fsp3) is 0.769. The van der Waals surface area contributed by atoms with Gasteiger partial charge in [0.05, 0.1) is 0 Å². The minimum atomic E-state index is -0.995. The molecule has 0 radical (unpaired) electrons. The van der Waals surface area contributed by atoms with Crippen LogP contribution in [0.4, 0.5) is 4.79 Å². The second-order valence-electron chi connectivity index (χ2n) is 5.39. The highest BCUT2D eigenvalue weighted by Crippen LogP contribution is 2.06. The molecule has 1 atom stereocenters. The van der Waals surface area contributed by atoms with Crippen molar-refractivity contribution in [3.05, 3.63) is 0 Å². The highest BCUT2D eigenvalue weighted by atomic mass is 16.6. The van der Waals surface area contributed by atoms with E-state index >= 15 is 0 Å². The number of unbranched alkanes of at least 4 members (excludes halogenated alkanes) is 1. The van der Waals surface area contributed by atoms with Gasteiger partial charge >= 0.3 is 12.1 Å². The number of hydrogen-bond acceptors (Lipinski definition) is 5. The first-order chi connectivity index (χ1) is 9.45. The van der Waals surface area contributed by atoms with Gasteiger partial charge in [-0.05, 0) is 40.0 Å². The maximum absolute atomic E-state index is 11.2. The fourth-order valence-corrected chi connectivity index (χ4v) is 1.12. The molecule has 8 heteroatoms. The molecule has 0 aliphatic heterocycles. The first kappa shape index (κ1) is 21.5. The van der Waals surface area contributed by atoms with Crippen molar-refractivity contribution in [2.24, 2.45) is 5.73 Å². The Morgan fingerprint density at radius 1 is 1.19 bits per heavy atom. The smallest absolute Gasteiger partial charge is 0.407 e. The molecule has 0 rings (SSSR count). The molecule has 0 unspecified atom stereocenters. The third-order valence-corrected chi connectivity index (χ3v) is 1.93. The van der Waals surface area contributed by atoms with E-state index in [-0.39, 0.29) is 0 Å². The Kier molecular flexibility index (Phi) is 11.1. The van der Waals surface area contributed by atoms with Crippen molar-refractivity contribution in [2.45, 2.75) is 58.6 Å². The number of nitrogens with two attached hydrogens (primary N) is 1. The van der Waals surface area contributed by atoms with Crippen LogP contribution in [0.1, 0.15) is 47.0 Å². The normalized spacial score (nSPS) is 11.7. The van der Waals surface area contributed by atoms with Crippen LogP contribution in [0.25, 0.3) is 0 Å². The average Bonchev–Trinajstić information content (AvgIpc) is 2.24. The van der Waals surface area contributed by atoms with Crippen LogP contribution < -0.4 is 11.1 Å². The van der Waals surface area contributed by atoms with Crippen LogP contribution in [0.3, 0.4) is 0 Å². The summed E-state index contributed by atoms with van der Waals surface area (Å²) in [7, 11) is 0. The molecule has 8 nitrogen and oxygen atoms in total. The number of nitrogens with one attached hydrogen (secondary N) is 1. The molecule has 21 heavy (non-hydrogen) atoms. The number of hydrogen-bond donors (Lipinski definition) is 4. The Labute approximate surface area is 124 Å². The molecule has 0 aromatic rings. The van der Waals surface area contributed by atoms with E-state index in [0.717, 1.165) is 6.92 Å². The largest absolute Gasteiger partial charge is 0.481 e. The van der Waals surface area contributed by atoms with E-state index in [9.17, 15) is 9.59 Å². The van der Waals surface area contributed by atoms with Gasteiger partial charge < -0.3 is 26.0 Å². The number of amides is 1. The van der Waals surface area contributed by atoms with Gasteiger partial charge in [-0.25, -0.2) is 4.79 Å². The molecule has 124 valence electrons. The Morgan fingerprint density at radius 3 is 2.05 bits per heavy atom. The topological polar surface area (TPSA) is 139 Å². The third kappa shape index (κ3) is 20.6. The molecule has 0 saturated carbocycles. The summed E-state index contributed by atoms with van der Waals surface area (Å²) < 4.78 is 5.03. The van der Waals surface area contributed by atoms with Crippen LogP contribution in [0.2, 0.25) is 0 Å². The molecule has 1 amide bonds. The zero-order valence-corrected chi connectivity index (χ0v) is 13.0. The number of ether oxygens (including phenoxy) is 1. The first-order valence-electron chi connectivity index (χ1n) is 6.60. The van der Waals surface area contributed by atoms with Crippen LogP contribution in [0.15, 0.2) is 0 Å². The summed E-state index contributed by atoms with van der Waals surface area (Å²) in [6, 6.07) is -0.823. The molecular formula is C13H26N2O6. The standard InChI is InChI=1S/C11H22N2O4.C2H4O2/c1-11(2,3)17-10(16)13-7-5-4-6-8(12)9(14)15;1-2(3)4/h8H,4-7,12H2,1-3H3,(H,13,16)(H,14,15);1H3,(H,3,4)/t8-;/m0./s1. The van der Waals surface area contributed by atoms with E-state index in [1.807, 2.05) is 0 Å². The lowest BCUT2D eigenvalue weighted by atomic mass is 10.1. The number of carbonyl (C=O) groups excluding carboxylic acids is 1. The highest BCUT2D eigenvalue weighted by molar-refractivity contribution is 5.72. The van der Waals surface area contributed by atoms with Crippen LogP contribution in [0, 0.1) is 0 Å². The van der Waals surface area contributed by atoms with Crippen molar-refractivity contribution in [1.82, 2.24) is 5.32 Å². The SMILES string of the molecule is CC(=O)O.CC(C)(C)OC(=O)NCCCC[C@H](N)C(=O)O. The van der Waals surface area contributed by atoms with Gasteiger partial charge in [-0.1, -0.05) is 0 Å². The lowest BCUT2D eigenvalue weighted by molar-refractivity contribution is -0.138. The van der Waals surface area contributed by atoms with Gasteiger partial charge in [-0.3, -0.25) is 9.59 Å². The molecule has 0 aliphatic rings. The summed E-state index contributed by atoms with van der Waals surface area (Å²) in [5, 5.41) is 18.5. The van der Waals surface area contributed by atoms with Gasteiger partial charge in [0.25, 0.3) is 5.97 Å². The van der Waals surface area contributed by atoms with Crippen molar-refractivity contribution in [3.8, 4) is 0 Å². The highest BCUT2D eigenvalue weighted by Gasteiger charge is 2.15. The summed E-state index contributed by atoms with van der Waals surface area (Å²) >= 11 is 0. The van der Waals surface area contributed by atoms with E-state index in [1.165, 1.54) is 0 Å². The van der Waals surface area contributed by atoms with E-state index in [1.54, 1.807) is 20.8 Å². The average molecular weight is 306 g/mol. The van der Waals surface area contributed by atoms with Gasteiger partial charge in [0.15, 0.2) is 0 Å². The Hall–Kier alpha value is -1.83. The maximum Gasteiger partial charge on any atom is 0.407 e. The molecule has 0 fully saturated rings. The molecular weight excluding hydrogens is 280 g/mol. The van der Waals surface area contributed by atoms with E-state index in [0.29, 0.717) is 25.8 Å². The molecule has 0 aromatic heterocycles. The molecule has 0 heterocycles. The number of carboxylic acid groups (broad SMARTS) is 2. The van der Waals surface area contributed by atoms with Crippen molar-refractivity contribution in [3.63, 3.8) is 0 Å². The molecule has 5 N–H and O–H groups in total. The summed E-state index contributed by atoms with van der Waals surface area (Å²) in [6.07, 6.45) is 1.29. The number of carboxylic acids is 2. The zero-order valence-electron chi connectivity index (χ0n) is 13.0. The van der Waals surface area contributed by atoms with Crippen molar-refractivity contribution < 1.29 is 29.3 Å². The van der Waals surface area contributed by atoms with Crippen molar-refractivity contribution >= 4 is 18.0 Å². The number of aliphatic carboxylic acids is 2. The summed E-state index contributed by atoms with van der Waals surface area (Å²) in [6.45, 7) is 6.91. The second kappa shape index (κ2) is 10.9. The summed E-state index contributed by atoms with van der Waals surface area (Å²) in [5.74, 6) is -1.83. The number of carbonyl (C=O) groups is 3. The van der Waals surface area contributed by atoms with E-state index in [2.05, 4.69) is 5.32 Å². The van der Waals surface area contributed by atoms with Crippen LogP contribution in [-0.2, 0) is 14.3 Å². The Balaban J connectivity index is 0. The Bertz CT molecular complexity index is 334. The monoisotopic (exact) mass is 306 g/mol. The number of rotatable bonds is 6. The molecule has 0 aromatic carbocycles. The first-order valence-corrected chi connectivity index (χ1v) is 6.60. The zero-order chi connectivity index (χ0) is 17.1. The van der Waals surface area contributed by atoms with Gasteiger partial charge in [0.2, 0.25) is 0 Å². The van der Waals surface area contributed by atoms with Crippen molar-refractivity contribution in [2.75, 3.05) is 6.54 Å². The minimum Gasteiger partial charge on any atom is -0.481 e. The predicted molar refractivity (Wildman–Crippen MR) is 77.0 cm³/mol. The minimum absolute atomic E-state index is 0.408. The van der Waals surface area contributed by atoms with Crippen LogP contribution in [-0.4, -0.2) is 46.4 Å². The maximum atomic E-state index is 11.2. The van der Waals surface area contributed by atoms with Crippen molar-refractivity contribution in [1.29, 1.82) is 0 Å². The lowest BCUT2D eigenvalue weighted by Crippen LogP contribution is -2.33. The molecule has 0 saturated heterocycles. The third-order valence-electron chi connectivity index (χ3n) is 1.93. The second-order valence-corrected chi connectivity index (χ2v) is 5.39. The number of alkyl carbamates (subject to hydrolysis) is 1. The predicted octanol–water partition coefficient (Wildman–Crippen LogP) is 1.18. The summed E-state index contributed by atoms with van der Waals surface area (Å²) in [4.78, 5) is 30.6. The van der Waals surface area contributed by atoms with Gasteiger partial charge in [0.1, 0.15) is 11.6 Å². The van der Waals surface area contributed by atoms with E-state index < -0.39 is 29.7 Å². The van der Waals surface area contributed by atoms with Crippen LogP contribution in [0.5, 0.6) is 0 Å². The quantitative estimate of drug-likeness (QED) is 0.540. The lowest BCUT2D eigenvalue weighted by Gasteiger charge is -2.19. The van der Waals surface area contributed by atoms with Crippen LogP contribution >= 0.6 is 0 Å². The fourth-order valence-electron chi connectivity index (χ4n) is 1.12. The van der Waals surface area contributed by atoms with Gasteiger partial charge in [0, 0.05) is 13.5 Å². The van der Waals surface area contributed by atoms with Gasteiger partial charge in [-0.15, -0.1) is 0 Å². The van der Waals surface area contributed by atoms with Gasteiger partial charge in [-0.2, -0.15) is 0 Å². The Morgan fingerprint density at radius 2 is 1.67 bits per heavy atom. The molecule has 0 spiro atoms. The molecule has 0 aliphatic carbocycles. The summed E-state index contributed by atoms with van der Waals surface area (Å²) in [5.41, 5.74) is 4.83. The van der Waals surface area contributed by atoms with E-state index in [4.69, 9.17) is 25.5 Å².